The van der Waals surface area contributed by atoms with Gasteiger partial charge in [0.2, 0.25) is 0 Å². The van der Waals surface area contributed by atoms with E-state index in [1.54, 1.807) is 0 Å². The Morgan fingerprint density at radius 1 is 1.30 bits per heavy atom. The molecule has 0 amide bonds. The zero-order valence-corrected chi connectivity index (χ0v) is 15.9. The highest BCUT2D eigenvalue weighted by atomic mass is 32.1. The van der Waals surface area contributed by atoms with E-state index in [-0.39, 0.29) is 28.4 Å². The van der Waals surface area contributed by atoms with Crippen LogP contribution in [-0.2, 0) is 27.2 Å². The third kappa shape index (κ3) is 4.18. The van der Waals surface area contributed by atoms with Crippen LogP contribution in [-0.4, -0.2) is 65.3 Å². The maximum absolute atomic E-state index is 12.7. The van der Waals surface area contributed by atoms with Crippen LogP contribution in [0.4, 0.5) is 0 Å². The molecule has 1 saturated heterocycles. The van der Waals surface area contributed by atoms with Gasteiger partial charge in [-0.3, -0.25) is 14.5 Å². The van der Waals surface area contributed by atoms with Crippen LogP contribution >= 0.6 is 11.3 Å². The number of aliphatic hydroxyl groups is 1. The van der Waals surface area contributed by atoms with E-state index in [1.165, 1.54) is 14.2 Å². The van der Waals surface area contributed by atoms with Crippen LogP contribution in [0.2, 0.25) is 0 Å². The van der Waals surface area contributed by atoms with Crippen molar-refractivity contribution in [2.75, 3.05) is 27.3 Å². The van der Waals surface area contributed by atoms with Crippen molar-refractivity contribution in [1.82, 2.24) is 14.9 Å². The molecule has 1 fully saturated rings. The van der Waals surface area contributed by atoms with Gasteiger partial charge in [-0.2, -0.15) is 0 Å². The Labute approximate surface area is 158 Å². The van der Waals surface area contributed by atoms with Crippen LogP contribution in [0.3, 0.4) is 0 Å². The summed E-state index contributed by atoms with van der Waals surface area (Å²) in [6.07, 6.45) is 0.869. The van der Waals surface area contributed by atoms with Gasteiger partial charge in [0.1, 0.15) is 15.5 Å². The number of H-pyrrole nitrogens is 1. The van der Waals surface area contributed by atoms with E-state index < -0.39 is 17.5 Å². The first-order valence-electron chi connectivity index (χ1n) is 8.53. The fourth-order valence-electron chi connectivity index (χ4n) is 3.12. The fraction of sp³-hybridized carbons (Fsp3) is 0.529. The number of methoxy groups -OCH3 is 2. The lowest BCUT2D eigenvalue weighted by Crippen LogP contribution is -2.36. The molecule has 27 heavy (non-hydrogen) atoms. The molecule has 0 unspecified atom stereocenters. The van der Waals surface area contributed by atoms with E-state index in [9.17, 15) is 19.5 Å². The van der Waals surface area contributed by atoms with Gasteiger partial charge < -0.3 is 19.6 Å². The van der Waals surface area contributed by atoms with Crippen LogP contribution in [0.1, 0.15) is 33.9 Å². The molecule has 2 aromatic heterocycles. The number of aromatic nitrogens is 2. The Hall–Kier alpha value is -2.30. The Morgan fingerprint density at radius 3 is 2.63 bits per heavy atom. The number of aliphatic hydroxyl groups excluding tert-OH is 1. The lowest BCUT2D eigenvalue weighted by Gasteiger charge is -2.28. The zero-order valence-electron chi connectivity index (χ0n) is 15.1. The van der Waals surface area contributed by atoms with Gasteiger partial charge in [-0.05, 0) is 12.8 Å². The summed E-state index contributed by atoms with van der Waals surface area (Å²) in [4.78, 5) is 46.3. The number of esters is 2. The number of piperidine rings is 1. The number of ether oxygens (including phenoxy) is 2. The summed E-state index contributed by atoms with van der Waals surface area (Å²) in [7, 11) is 2.48. The highest BCUT2D eigenvalue weighted by molar-refractivity contribution is 7.20. The number of rotatable bonds is 5. The van der Waals surface area contributed by atoms with Crippen LogP contribution in [0.25, 0.3) is 10.2 Å². The molecule has 3 rings (SSSR count). The molecular formula is C17H21N3O6S. The molecule has 0 radical (unpaired) electrons. The lowest BCUT2D eigenvalue weighted by atomic mass is 10.1. The number of nitrogens with one attached hydrogen (secondary N) is 1. The molecule has 0 spiro atoms. The van der Waals surface area contributed by atoms with Crippen LogP contribution in [0.5, 0.6) is 0 Å². The highest BCUT2D eigenvalue weighted by Crippen LogP contribution is 2.29. The van der Waals surface area contributed by atoms with Crippen molar-refractivity contribution >= 4 is 33.5 Å². The van der Waals surface area contributed by atoms with Crippen molar-refractivity contribution in [2.24, 2.45) is 0 Å². The maximum Gasteiger partial charge on any atom is 0.348 e. The van der Waals surface area contributed by atoms with Gasteiger partial charge in [0.05, 0.1) is 38.7 Å². The molecule has 2 aromatic rings. The molecule has 1 aliphatic heterocycles. The predicted octanol–water partition coefficient (Wildman–Crippen LogP) is 0.443. The van der Waals surface area contributed by atoms with Crippen molar-refractivity contribution in [3.63, 3.8) is 0 Å². The topological polar surface area (TPSA) is 122 Å². The van der Waals surface area contributed by atoms with E-state index in [2.05, 4.69) is 19.6 Å². The average Bonchev–Trinajstić information content (AvgIpc) is 3.01. The molecule has 1 aliphatic rings. The molecule has 146 valence electrons. The number of fused-ring (bicyclic) bond motifs is 1. The smallest absolute Gasteiger partial charge is 0.348 e. The summed E-state index contributed by atoms with van der Waals surface area (Å²) < 4.78 is 9.44. The molecule has 0 atom stereocenters. The van der Waals surface area contributed by atoms with Crippen molar-refractivity contribution in [1.29, 1.82) is 0 Å². The van der Waals surface area contributed by atoms with E-state index >= 15 is 0 Å². The predicted molar refractivity (Wildman–Crippen MR) is 97.8 cm³/mol. The van der Waals surface area contributed by atoms with Gasteiger partial charge in [-0.15, -0.1) is 11.3 Å². The van der Waals surface area contributed by atoms with Gasteiger partial charge in [-0.25, -0.2) is 9.78 Å². The van der Waals surface area contributed by atoms with Crippen molar-refractivity contribution < 1.29 is 24.2 Å². The second-order valence-corrected chi connectivity index (χ2v) is 7.35. The Morgan fingerprint density at radius 2 is 2.00 bits per heavy atom. The molecule has 0 bridgehead atoms. The Balaban J connectivity index is 1.98. The van der Waals surface area contributed by atoms with Crippen molar-refractivity contribution in [3.05, 3.63) is 26.6 Å². The van der Waals surface area contributed by atoms with E-state index in [1.807, 2.05) is 0 Å². The Bertz CT molecular complexity index is 913. The second kappa shape index (κ2) is 8.15. The third-order valence-electron chi connectivity index (χ3n) is 4.56. The quantitative estimate of drug-likeness (QED) is 0.700. The minimum Gasteiger partial charge on any atom is -0.469 e. The number of aromatic amines is 1. The monoisotopic (exact) mass is 395 g/mol. The summed E-state index contributed by atoms with van der Waals surface area (Å²) >= 11 is 1.03. The minimum atomic E-state index is -0.622. The van der Waals surface area contributed by atoms with Crippen molar-refractivity contribution in [2.45, 2.75) is 31.9 Å². The third-order valence-corrected chi connectivity index (χ3v) is 5.67. The maximum atomic E-state index is 12.7. The average molecular weight is 395 g/mol. The lowest BCUT2D eigenvalue weighted by molar-refractivity contribution is -0.139. The normalized spacial score (nSPS) is 15.8. The van der Waals surface area contributed by atoms with Gasteiger partial charge in [0, 0.05) is 18.7 Å². The number of carbonyl (C=O) groups is 2. The van der Waals surface area contributed by atoms with E-state index in [4.69, 9.17) is 4.74 Å². The first-order valence-corrected chi connectivity index (χ1v) is 9.34. The fourth-order valence-corrected chi connectivity index (χ4v) is 4.25. The summed E-state index contributed by atoms with van der Waals surface area (Å²) in [5, 5.41) is 9.81. The first-order chi connectivity index (χ1) is 12.9. The zero-order chi connectivity index (χ0) is 19.6. The summed E-state index contributed by atoms with van der Waals surface area (Å²) in [6.45, 7) is 1.87. The van der Waals surface area contributed by atoms with Gasteiger partial charge in [0.25, 0.3) is 5.56 Å². The number of thiophene rings is 1. The minimum absolute atomic E-state index is 0.175. The molecule has 3 heterocycles. The molecule has 0 aliphatic carbocycles. The molecule has 0 saturated carbocycles. The van der Waals surface area contributed by atoms with Gasteiger partial charge in [-0.1, -0.05) is 0 Å². The second-order valence-electron chi connectivity index (χ2n) is 6.35. The van der Waals surface area contributed by atoms with Crippen LogP contribution in [0.15, 0.2) is 4.79 Å². The van der Waals surface area contributed by atoms with Gasteiger partial charge >= 0.3 is 11.9 Å². The highest BCUT2D eigenvalue weighted by Gasteiger charge is 2.25. The van der Waals surface area contributed by atoms with E-state index in [0.717, 1.165) is 11.3 Å². The largest absolute Gasteiger partial charge is 0.469 e. The van der Waals surface area contributed by atoms with E-state index in [0.29, 0.717) is 43.1 Å². The summed E-state index contributed by atoms with van der Waals surface area (Å²) in [5.74, 6) is -0.704. The van der Waals surface area contributed by atoms with Crippen molar-refractivity contribution in [3.8, 4) is 0 Å². The molecule has 0 aromatic carbocycles. The van der Waals surface area contributed by atoms with Crippen LogP contribution in [0, 0.1) is 0 Å². The number of hydrogen-bond acceptors (Lipinski definition) is 9. The summed E-state index contributed by atoms with van der Waals surface area (Å²) in [5.41, 5.74) is -0.132. The molecule has 10 heteroatoms. The van der Waals surface area contributed by atoms with Gasteiger partial charge in [0.15, 0.2) is 0 Å². The standard InChI is InChI=1S/C17H21N3O6S/c1-25-12(22)7-10-13-15(23)18-11(8-20-5-3-9(21)4-6-20)19-16(13)27-14(10)17(24)26-2/h9,21H,3-8H2,1-2H3,(H,18,19,23). The first kappa shape index (κ1) is 19.5. The molecular weight excluding hydrogens is 374 g/mol. The number of nitrogens with zero attached hydrogens (tertiary/aromatic N) is 2. The SMILES string of the molecule is COC(=O)Cc1c(C(=O)OC)sc2nc(CN3CCC(O)CC3)[nH]c(=O)c12. The Kier molecular flexibility index (Phi) is 5.88. The molecule has 2 N–H and O–H groups in total. The molecule has 9 nitrogen and oxygen atoms in total. The van der Waals surface area contributed by atoms with Crippen LogP contribution < -0.4 is 5.56 Å². The number of hydrogen-bond donors (Lipinski definition) is 2. The number of carbonyl (C=O) groups excluding carboxylic acids is 2. The number of likely N-dealkylation sites (tertiary alicyclic amines) is 1. The summed E-state index contributed by atoms with van der Waals surface area (Å²) in [6, 6.07) is 0.